The molecule has 1 N–H and O–H groups in total. The topological polar surface area (TPSA) is 12.0 Å². The Morgan fingerprint density at radius 2 is 1.85 bits per heavy atom. The van der Waals surface area contributed by atoms with E-state index in [0.717, 1.165) is 25.8 Å². The summed E-state index contributed by atoms with van der Waals surface area (Å²) >= 11 is 0. The molecule has 1 aromatic carbocycles. The fourth-order valence-electron chi connectivity index (χ4n) is 3.10. The maximum Gasteiger partial charge on any atom is 0.126 e. The largest absolute Gasteiger partial charge is 0.312 e. The molecule has 0 bridgehead atoms. The van der Waals surface area contributed by atoms with E-state index in [-0.39, 0.29) is 23.1 Å². The third-order valence-corrected chi connectivity index (χ3v) is 4.16. The molecule has 0 heterocycles. The Morgan fingerprint density at radius 1 is 1.15 bits per heavy atom. The van der Waals surface area contributed by atoms with Crippen LogP contribution in [0.3, 0.4) is 0 Å². The van der Waals surface area contributed by atoms with Crippen LogP contribution in [0.5, 0.6) is 0 Å². The van der Waals surface area contributed by atoms with Crippen LogP contribution in [0.2, 0.25) is 0 Å². The second kappa shape index (κ2) is 6.21. The van der Waals surface area contributed by atoms with E-state index in [4.69, 9.17) is 0 Å². The maximum atomic E-state index is 14.0. The SMILES string of the molecule is CC(C)(C)NCC1CCCCC1c1cc(F)ccc1F. The van der Waals surface area contributed by atoms with E-state index < -0.39 is 0 Å². The van der Waals surface area contributed by atoms with Crippen molar-refractivity contribution in [3.8, 4) is 0 Å². The zero-order valence-electron chi connectivity index (χ0n) is 12.7. The Balaban J connectivity index is 2.16. The van der Waals surface area contributed by atoms with Crippen LogP contribution in [0.1, 0.15) is 57.9 Å². The Labute approximate surface area is 120 Å². The van der Waals surface area contributed by atoms with Crippen LogP contribution in [0, 0.1) is 17.6 Å². The zero-order chi connectivity index (χ0) is 14.8. The maximum absolute atomic E-state index is 14.0. The highest BCUT2D eigenvalue weighted by molar-refractivity contribution is 5.24. The van der Waals surface area contributed by atoms with E-state index in [1.165, 1.54) is 24.6 Å². The first-order chi connectivity index (χ1) is 9.37. The molecule has 2 rings (SSSR count). The van der Waals surface area contributed by atoms with Gasteiger partial charge in [0, 0.05) is 5.54 Å². The van der Waals surface area contributed by atoms with Crippen LogP contribution in [-0.4, -0.2) is 12.1 Å². The molecule has 3 heteroatoms. The molecule has 2 atom stereocenters. The molecular weight excluding hydrogens is 256 g/mol. The lowest BCUT2D eigenvalue weighted by atomic mass is 9.75. The number of halogens is 2. The van der Waals surface area contributed by atoms with Crippen LogP contribution in [0.25, 0.3) is 0 Å². The van der Waals surface area contributed by atoms with Gasteiger partial charge in [-0.05, 0) is 75.8 Å². The molecule has 0 aromatic heterocycles. The average Bonchev–Trinajstić information content (AvgIpc) is 2.39. The van der Waals surface area contributed by atoms with E-state index in [1.807, 2.05) is 0 Å². The van der Waals surface area contributed by atoms with Crippen molar-refractivity contribution < 1.29 is 8.78 Å². The van der Waals surface area contributed by atoms with E-state index in [9.17, 15) is 8.78 Å². The summed E-state index contributed by atoms with van der Waals surface area (Å²) in [5, 5.41) is 3.51. The van der Waals surface area contributed by atoms with Gasteiger partial charge in [0.2, 0.25) is 0 Å². The van der Waals surface area contributed by atoms with Gasteiger partial charge in [-0.3, -0.25) is 0 Å². The molecule has 1 fully saturated rings. The molecular formula is C17H25F2N. The lowest BCUT2D eigenvalue weighted by Gasteiger charge is -2.34. The highest BCUT2D eigenvalue weighted by Gasteiger charge is 2.29. The zero-order valence-corrected chi connectivity index (χ0v) is 12.7. The number of rotatable bonds is 3. The number of nitrogens with one attached hydrogen (secondary N) is 1. The van der Waals surface area contributed by atoms with E-state index >= 15 is 0 Å². The molecule has 0 saturated heterocycles. The number of benzene rings is 1. The number of hydrogen-bond donors (Lipinski definition) is 1. The molecule has 1 saturated carbocycles. The molecule has 0 radical (unpaired) electrons. The van der Waals surface area contributed by atoms with Gasteiger partial charge in [-0.2, -0.15) is 0 Å². The quantitative estimate of drug-likeness (QED) is 0.852. The van der Waals surface area contributed by atoms with Gasteiger partial charge in [0.15, 0.2) is 0 Å². The predicted octanol–water partition coefficient (Wildman–Crippen LogP) is 4.63. The minimum atomic E-state index is -0.338. The van der Waals surface area contributed by atoms with E-state index in [0.29, 0.717) is 11.5 Å². The summed E-state index contributed by atoms with van der Waals surface area (Å²) in [6.45, 7) is 7.26. The van der Waals surface area contributed by atoms with Crippen molar-refractivity contribution in [3.05, 3.63) is 35.4 Å². The molecule has 0 amide bonds. The van der Waals surface area contributed by atoms with Gasteiger partial charge < -0.3 is 5.32 Å². The smallest absolute Gasteiger partial charge is 0.126 e. The van der Waals surface area contributed by atoms with Gasteiger partial charge in [-0.1, -0.05) is 12.8 Å². The van der Waals surface area contributed by atoms with Crippen molar-refractivity contribution in [1.29, 1.82) is 0 Å². The minimum Gasteiger partial charge on any atom is -0.312 e. The molecule has 20 heavy (non-hydrogen) atoms. The van der Waals surface area contributed by atoms with Gasteiger partial charge in [-0.15, -0.1) is 0 Å². The van der Waals surface area contributed by atoms with Crippen LogP contribution in [-0.2, 0) is 0 Å². The van der Waals surface area contributed by atoms with Crippen molar-refractivity contribution in [2.75, 3.05) is 6.54 Å². The molecule has 1 aromatic rings. The van der Waals surface area contributed by atoms with E-state index in [2.05, 4.69) is 26.1 Å². The van der Waals surface area contributed by atoms with Crippen LogP contribution >= 0.6 is 0 Å². The third kappa shape index (κ3) is 4.02. The predicted molar refractivity (Wildman–Crippen MR) is 78.8 cm³/mol. The first-order valence-electron chi connectivity index (χ1n) is 7.57. The van der Waals surface area contributed by atoms with Gasteiger partial charge in [0.05, 0.1) is 0 Å². The van der Waals surface area contributed by atoms with Gasteiger partial charge in [0.25, 0.3) is 0 Å². The lowest BCUT2D eigenvalue weighted by Crippen LogP contribution is -2.41. The molecule has 1 aliphatic carbocycles. The second-order valence-corrected chi connectivity index (χ2v) is 6.95. The second-order valence-electron chi connectivity index (χ2n) is 6.95. The summed E-state index contributed by atoms with van der Waals surface area (Å²) in [6.07, 6.45) is 4.33. The lowest BCUT2D eigenvalue weighted by molar-refractivity contribution is 0.265. The first-order valence-corrected chi connectivity index (χ1v) is 7.57. The Bertz CT molecular complexity index is 451. The van der Waals surface area contributed by atoms with Crippen molar-refractivity contribution >= 4 is 0 Å². The highest BCUT2D eigenvalue weighted by Crippen LogP contribution is 2.38. The van der Waals surface area contributed by atoms with E-state index in [1.54, 1.807) is 0 Å². The minimum absolute atomic E-state index is 0.0580. The van der Waals surface area contributed by atoms with Crippen LogP contribution in [0.4, 0.5) is 8.78 Å². The molecule has 1 aliphatic rings. The molecule has 1 nitrogen and oxygen atoms in total. The van der Waals surface area contributed by atoms with Crippen LogP contribution < -0.4 is 5.32 Å². The summed E-state index contributed by atoms with van der Waals surface area (Å²) in [4.78, 5) is 0. The Kier molecular flexibility index (Phi) is 4.79. The van der Waals surface area contributed by atoms with Gasteiger partial charge in [-0.25, -0.2) is 8.78 Å². The summed E-state index contributed by atoms with van der Waals surface area (Å²) < 4.78 is 27.4. The molecule has 112 valence electrons. The summed E-state index contributed by atoms with van der Waals surface area (Å²) in [7, 11) is 0. The summed E-state index contributed by atoms with van der Waals surface area (Å²) in [6, 6.07) is 3.84. The summed E-state index contributed by atoms with van der Waals surface area (Å²) in [5.74, 6) is -0.0814. The fraction of sp³-hybridized carbons (Fsp3) is 0.647. The highest BCUT2D eigenvalue weighted by atomic mass is 19.1. The van der Waals surface area contributed by atoms with Crippen molar-refractivity contribution in [3.63, 3.8) is 0 Å². The monoisotopic (exact) mass is 281 g/mol. The number of hydrogen-bond acceptors (Lipinski definition) is 1. The first kappa shape index (κ1) is 15.4. The van der Waals surface area contributed by atoms with Crippen molar-refractivity contribution in [2.24, 2.45) is 5.92 Å². The van der Waals surface area contributed by atoms with Crippen molar-refractivity contribution in [2.45, 2.75) is 57.9 Å². The third-order valence-electron chi connectivity index (χ3n) is 4.16. The standard InChI is InChI=1S/C17H25F2N/c1-17(2,3)20-11-12-6-4-5-7-14(12)15-10-13(18)8-9-16(15)19/h8-10,12,14,20H,4-7,11H2,1-3H3. The van der Waals surface area contributed by atoms with Gasteiger partial charge in [0.1, 0.15) is 11.6 Å². The fourth-order valence-corrected chi connectivity index (χ4v) is 3.10. The average molecular weight is 281 g/mol. The molecule has 2 unspecified atom stereocenters. The molecule has 0 aliphatic heterocycles. The van der Waals surface area contributed by atoms with Crippen LogP contribution in [0.15, 0.2) is 18.2 Å². The van der Waals surface area contributed by atoms with Crippen molar-refractivity contribution in [1.82, 2.24) is 5.32 Å². The van der Waals surface area contributed by atoms with Gasteiger partial charge >= 0.3 is 0 Å². The normalized spacial score (nSPS) is 23.9. The Morgan fingerprint density at radius 3 is 2.55 bits per heavy atom. The Hall–Kier alpha value is -0.960. The molecule has 0 spiro atoms. The summed E-state index contributed by atoms with van der Waals surface area (Å²) in [5.41, 5.74) is 0.619.